The lowest BCUT2D eigenvalue weighted by Gasteiger charge is -2.38. The number of hydrogen-bond donors (Lipinski definition) is 0. The fourth-order valence-corrected chi connectivity index (χ4v) is 5.95. The molecule has 3 atom stereocenters. The fourth-order valence-electron chi connectivity index (χ4n) is 5.95. The SMILES string of the molecule is CC1OCC1OC(=O)N1CCN(c2ccnn3cc(-c4ccc([C@@H]5CCCN(C(C)C)C5)cc4)cc23)CC1. The van der Waals surface area contributed by atoms with Crippen LogP contribution in [-0.2, 0) is 9.47 Å². The van der Waals surface area contributed by atoms with Gasteiger partial charge in [0.2, 0.25) is 0 Å². The average molecular weight is 518 g/mol. The summed E-state index contributed by atoms with van der Waals surface area (Å²) in [5.41, 5.74) is 6.06. The molecule has 6 rings (SSSR count). The topological polar surface area (TPSA) is 62.6 Å². The Hall–Kier alpha value is -3.10. The van der Waals surface area contributed by atoms with Crippen LogP contribution in [0.15, 0.2) is 48.8 Å². The van der Waals surface area contributed by atoms with Crippen molar-refractivity contribution in [3.05, 3.63) is 54.4 Å². The van der Waals surface area contributed by atoms with E-state index in [-0.39, 0.29) is 18.3 Å². The number of carbonyl (C=O) groups excluding carboxylic acids is 1. The molecule has 8 heteroatoms. The van der Waals surface area contributed by atoms with E-state index in [2.05, 4.69) is 71.3 Å². The van der Waals surface area contributed by atoms with Crippen LogP contribution in [0.4, 0.5) is 10.5 Å². The zero-order chi connectivity index (χ0) is 26.2. The van der Waals surface area contributed by atoms with E-state index < -0.39 is 0 Å². The molecule has 2 unspecified atom stereocenters. The molecule has 5 heterocycles. The number of ether oxygens (including phenoxy) is 2. The van der Waals surface area contributed by atoms with Crippen molar-refractivity contribution in [3.63, 3.8) is 0 Å². The summed E-state index contributed by atoms with van der Waals surface area (Å²) in [5, 5.41) is 4.59. The zero-order valence-corrected chi connectivity index (χ0v) is 22.8. The maximum Gasteiger partial charge on any atom is 0.410 e. The lowest BCUT2D eigenvalue weighted by molar-refractivity contribution is -0.157. The number of nitrogens with zero attached hydrogens (tertiary/aromatic N) is 5. The third-order valence-corrected chi connectivity index (χ3v) is 8.56. The molecule has 1 amide bonds. The maximum atomic E-state index is 12.5. The van der Waals surface area contributed by atoms with Gasteiger partial charge in [-0.3, -0.25) is 0 Å². The number of piperazine rings is 1. The van der Waals surface area contributed by atoms with Gasteiger partial charge in [-0.25, -0.2) is 9.31 Å². The molecule has 3 saturated heterocycles. The minimum Gasteiger partial charge on any atom is -0.441 e. The smallest absolute Gasteiger partial charge is 0.410 e. The molecule has 3 aliphatic heterocycles. The van der Waals surface area contributed by atoms with Gasteiger partial charge < -0.3 is 24.2 Å². The largest absolute Gasteiger partial charge is 0.441 e. The number of amides is 1. The molecule has 2 aromatic heterocycles. The summed E-state index contributed by atoms with van der Waals surface area (Å²) in [6.45, 7) is 12.2. The first-order valence-corrected chi connectivity index (χ1v) is 14.1. The van der Waals surface area contributed by atoms with Gasteiger partial charge in [-0.15, -0.1) is 0 Å². The van der Waals surface area contributed by atoms with Crippen molar-refractivity contribution in [2.24, 2.45) is 0 Å². The molecule has 0 N–H and O–H groups in total. The van der Waals surface area contributed by atoms with Crippen LogP contribution in [0.1, 0.15) is 45.1 Å². The molecule has 3 aromatic rings. The quantitative estimate of drug-likeness (QED) is 0.492. The third kappa shape index (κ3) is 4.99. The average Bonchev–Trinajstić information content (AvgIpc) is 3.40. The van der Waals surface area contributed by atoms with Gasteiger partial charge in [0.15, 0.2) is 6.10 Å². The zero-order valence-electron chi connectivity index (χ0n) is 22.8. The van der Waals surface area contributed by atoms with Gasteiger partial charge in [0.1, 0.15) is 0 Å². The summed E-state index contributed by atoms with van der Waals surface area (Å²) in [7, 11) is 0. The number of rotatable bonds is 5. The van der Waals surface area contributed by atoms with E-state index in [1.807, 2.05) is 17.6 Å². The number of carbonyl (C=O) groups is 1. The molecule has 1 aromatic carbocycles. The molecular formula is C30H39N5O3. The summed E-state index contributed by atoms with van der Waals surface area (Å²) >= 11 is 0. The first kappa shape index (κ1) is 25.2. The van der Waals surface area contributed by atoms with Gasteiger partial charge in [-0.1, -0.05) is 24.3 Å². The van der Waals surface area contributed by atoms with Crippen LogP contribution in [-0.4, -0.2) is 89.6 Å². The molecule has 3 aliphatic rings. The second-order valence-corrected chi connectivity index (χ2v) is 11.3. The highest BCUT2D eigenvalue weighted by Gasteiger charge is 2.34. The van der Waals surface area contributed by atoms with E-state index >= 15 is 0 Å². The minimum absolute atomic E-state index is 0.00685. The first-order chi connectivity index (χ1) is 18.5. The second kappa shape index (κ2) is 10.6. The number of hydrogen-bond acceptors (Lipinski definition) is 6. The number of fused-ring (bicyclic) bond motifs is 1. The summed E-state index contributed by atoms with van der Waals surface area (Å²) < 4.78 is 12.9. The van der Waals surface area contributed by atoms with E-state index in [0.29, 0.717) is 31.7 Å². The van der Waals surface area contributed by atoms with E-state index in [9.17, 15) is 4.79 Å². The van der Waals surface area contributed by atoms with Crippen molar-refractivity contribution >= 4 is 17.3 Å². The van der Waals surface area contributed by atoms with E-state index in [1.165, 1.54) is 36.1 Å². The normalized spacial score (nSPS) is 24.6. The molecule has 0 aliphatic carbocycles. The van der Waals surface area contributed by atoms with Crippen molar-refractivity contribution in [2.75, 3.05) is 50.8 Å². The van der Waals surface area contributed by atoms with Crippen LogP contribution >= 0.6 is 0 Å². The Morgan fingerprint density at radius 3 is 2.53 bits per heavy atom. The summed E-state index contributed by atoms with van der Waals surface area (Å²) in [4.78, 5) is 19.3. The highest BCUT2D eigenvalue weighted by molar-refractivity contribution is 5.80. The molecule has 0 radical (unpaired) electrons. The monoisotopic (exact) mass is 517 g/mol. The Morgan fingerprint density at radius 1 is 1.05 bits per heavy atom. The molecule has 3 fully saturated rings. The van der Waals surface area contributed by atoms with Gasteiger partial charge >= 0.3 is 6.09 Å². The van der Waals surface area contributed by atoms with E-state index in [0.717, 1.165) is 30.8 Å². The van der Waals surface area contributed by atoms with Crippen LogP contribution in [0.25, 0.3) is 16.6 Å². The van der Waals surface area contributed by atoms with Crippen LogP contribution in [0.3, 0.4) is 0 Å². The molecule has 8 nitrogen and oxygen atoms in total. The van der Waals surface area contributed by atoms with Crippen molar-refractivity contribution < 1.29 is 14.3 Å². The van der Waals surface area contributed by atoms with Crippen LogP contribution < -0.4 is 4.90 Å². The summed E-state index contributed by atoms with van der Waals surface area (Å²) in [6.07, 6.45) is 6.16. The van der Waals surface area contributed by atoms with Crippen LogP contribution in [0.5, 0.6) is 0 Å². The Kier molecular flexibility index (Phi) is 7.01. The van der Waals surface area contributed by atoms with Crippen LogP contribution in [0, 0.1) is 0 Å². The molecule has 202 valence electrons. The van der Waals surface area contributed by atoms with E-state index in [4.69, 9.17) is 9.47 Å². The minimum atomic E-state index is -0.233. The number of likely N-dealkylation sites (tertiary alicyclic amines) is 1. The number of benzene rings is 1. The standard InChI is InChI=1S/C30H39N5O3/c1-21(2)34-12-4-5-25(18-34)23-6-8-24(9-7-23)26-17-28-27(10-11-31-35(28)19-26)32-13-15-33(16-14-32)30(36)38-29-20-37-22(29)3/h6-11,17,19,21-22,25,29H,4-5,12-16,18,20H2,1-3H3/t22?,25-,29?/m1/s1. The van der Waals surface area contributed by atoms with Gasteiger partial charge in [-0.05, 0) is 69.3 Å². The Labute approximate surface area is 225 Å². The Bertz CT molecular complexity index is 1260. The van der Waals surface area contributed by atoms with Crippen LogP contribution in [0.2, 0.25) is 0 Å². The van der Waals surface area contributed by atoms with E-state index in [1.54, 1.807) is 4.90 Å². The van der Waals surface area contributed by atoms with Gasteiger partial charge in [0, 0.05) is 56.7 Å². The summed E-state index contributed by atoms with van der Waals surface area (Å²) in [6, 6.07) is 14.1. The fraction of sp³-hybridized carbons (Fsp3) is 0.533. The van der Waals surface area contributed by atoms with Crippen molar-refractivity contribution in [1.82, 2.24) is 19.4 Å². The predicted molar refractivity (Wildman–Crippen MR) is 149 cm³/mol. The molecule has 0 spiro atoms. The Morgan fingerprint density at radius 2 is 1.84 bits per heavy atom. The third-order valence-electron chi connectivity index (χ3n) is 8.56. The van der Waals surface area contributed by atoms with Crippen molar-refractivity contribution in [2.45, 2.75) is 57.8 Å². The lowest BCUT2D eigenvalue weighted by Crippen LogP contribution is -2.52. The highest BCUT2D eigenvalue weighted by atomic mass is 16.6. The van der Waals surface area contributed by atoms with Gasteiger partial charge in [0.25, 0.3) is 0 Å². The van der Waals surface area contributed by atoms with Crippen molar-refractivity contribution in [1.29, 1.82) is 0 Å². The second-order valence-electron chi connectivity index (χ2n) is 11.3. The van der Waals surface area contributed by atoms with Gasteiger partial charge in [-0.2, -0.15) is 5.10 Å². The molecular weight excluding hydrogens is 478 g/mol. The Balaban J connectivity index is 1.13. The first-order valence-electron chi connectivity index (χ1n) is 14.1. The summed E-state index contributed by atoms with van der Waals surface area (Å²) in [5.74, 6) is 0.614. The number of anilines is 1. The van der Waals surface area contributed by atoms with Crippen molar-refractivity contribution in [3.8, 4) is 11.1 Å². The molecule has 0 saturated carbocycles. The lowest BCUT2D eigenvalue weighted by atomic mass is 9.89. The molecule has 38 heavy (non-hydrogen) atoms. The molecule has 0 bridgehead atoms. The predicted octanol–water partition coefficient (Wildman–Crippen LogP) is 4.64. The number of aromatic nitrogens is 2. The van der Waals surface area contributed by atoms with Gasteiger partial charge in [0.05, 0.1) is 23.9 Å². The highest BCUT2D eigenvalue weighted by Crippen LogP contribution is 2.32. The maximum absolute atomic E-state index is 12.5. The number of piperidine rings is 1.